The standard InChI is InChI=1S/C13H16O3/c14-12-7-5-11(6-8-12)13(15)16-9-10-3-1-2-4-10/h5-8,10,14H,1-4,9H2. The first-order valence-corrected chi connectivity index (χ1v) is 5.72. The van der Waals surface area contributed by atoms with E-state index in [1.807, 2.05) is 0 Å². The van der Waals surface area contributed by atoms with E-state index in [1.165, 1.54) is 37.8 Å². The average Bonchev–Trinajstić information content (AvgIpc) is 2.80. The summed E-state index contributed by atoms with van der Waals surface area (Å²) in [6, 6.07) is 6.14. The number of hydrogen-bond acceptors (Lipinski definition) is 3. The highest BCUT2D eigenvalue weighted by atomic mass is 16.5. The van der Waals surface area contributed by atoms with Gasteiger partial charge in [-0.05, 0) is 43.0 Å². The highest BCUT2D eigenvalue weighted by Crippen LogP contribution is 2.25. The number of phenols is 1. The molecule has 2 rings (SSSR count). The van der Waals surface area contributed by atoms with E-state index in [1.54, 1.807) is 12.1 Å². The summed E-state index contributed by atoms with van der Waals surface area (Å²) in [5, 5.41) is 9.09. The second-order valence-electron chi connectivity index (χ2n) is 4.30. The van der Waals surface area contributed by atoms with Crippen molar-refractivity contribution in [3.63, 3.8) is 0 Å². The largest absolute Gasteiger partial charge is 0.508 e. The van der Waals surface area contributed by atoms with Gasteiger partial charge in [0.25, 0.3) is 0 Å². The molecule has 1 aliphatic rings. The molecular formula is C13H16O3. The Morgan fingerprint density at radius 3 is 2.50 bits per heavy atom. The van der Waals surface area contributed by atoms with E-state index in [9.17, 15) is 4.79 Å². The molecule has 0 unspecified atom stereocenters. The van der Waals surface area contributed by atoms with Crippen molar-refractivity contribution in [2.24, 2.45) is 5.92 Å². The summed E-state index contributed by atoms with van der Waals surface area (Å²) < 4.78 is 5.23. The van der Waals surface area contributed by atoms with E-state index in [-0.39, 0.29) is 11.7 Å². The molecule has 86 valence electrons. The third-order valence-electron chi connectivity index (χ3n) is 3.03. The second-order valence-corrected chi connectivity index (χ2v) is 4.30. The van der Waals surface area contributed by atoms with Crippen molar-refractivity contribution >= 4 is 5.97 Å². The lowest BCUT2D eigenvalue weighted by atomic mass is 10.1. The summed E-state index contributed by atoms with van der Waals surface area (Å²) in [4.78, 5) is 11.6. The van der Waals surface area contributed by atoms with Crippen LogP contribution >= 0.6 is 0 Å². The van der Waals surface area contributed by atoms with Crippen molar-refractivity contribution in [1.82, 2.24) is 0 Å². The molecule has 0 radical (unpaired) electrons. The molecule has 0 saturated heterocycles. The van der Waals surface area contributed by atoms with Crippen molar-refractivity contribution in [3.8, 4) is 5.75 Å². The Morgan fingerprint density at radius 1 is 1.25 bits per heavy atom. The van der Waals surface area contributed by atoms with E-state index in [4.69, 9.17) is 9.84 Å². The van der Waals surface area contributed by atoms with Crippen LogP contribution in [0.3, 0.4) is 0 Å². The Labute approximate surface area is 95.0 Å². The predicted octanol–water partition coefficient (Wildman–Crippen LogP) is 2.74. The van der Waals surface area contributed by atoms with Crippen molar-refractivity contribution in [1.29, 1.82) is 0 Å². The molecule has 1 aromatic rings. The summed E-state index contributed by atoms with van der Waals surface area (Å²) in [5.41, 5.74) is 0.496. The van der Waals surface area contributed by atoms with Gasteiger partial charge < -0.3 is 9.84 Å². The summed E-state index contributed by atoms with van der Waals surface area (Å²) in [7, 11) is 0. The molecule has 0 spiro atoms. The summed E-state index contributed by atoms with van der Waals surface area (Å²) in [5.74, 6) is 0.403. The van der Waals surface area contributed by atoms with Crippen molar-refractivity contribution in [3.05, 3.63) is 29.8 Å². The van der Waals surface area contributed by atoms with Gasteiger partial charge in [-0.1, -0.05) is 12.8 Å². The van der Waals surface area contributed by atoms with Crippen LogP contribution in [-0.2, 0) is 4.74 Å². The van der Waals surface area contributed by atoms with E-state index >= 15 is 0 Å². The Balaban J connectivity index is 1.85. The molecule has 0 heterocycles. The van der Waals surface area contributed by atoms with Crippen LogP contribution in [0.4, 0.5) is 0 Å². The van der Waals surface area contributed by atoms with Gasteiger partial charge >= 0.3 is 5.97 Å². The van der Waals surface area contributed by atoms with Crippen LogP contribution in [0, 0.1) is 5.92 Å². The number of carbonyl (C=O) groups is 1. The van der Waals surface area contributed by atoms with Crippen molar-refractivity contribution < 1.29 is 14.6 Å². The minimum Gasteiger partial charge on any atom is -0.508 e. The number of hydrogen-bond donors (Lipinski definition) is 1. The number of phenolic OH excluding ortho intramolecular Hbond substituents is 1. The van der Waals surface area contributed by atoms with Gasteiger partial charge in [-0.25, -0.2) is 4.79 Å². The van der Waals surface area contributed by atoms with Gasteiger partial charge in [0.05, 0.1) is 12.2 Å². The topological polar surface area (TPSA) is 46.5 Å². The number of benzene rings is 1. The molecule has 16 heavy (non-hydrogen) atoms. The molecule has 1 aliphatic carbocycles. The smallest absolute Gasteiger partial charge is 0.338 e. The zero-order valence-corrected chi connectivity index (χ0v) is 9.19. The van der Waals surface area contributed by atoms with Crippen LogP contribution in [-0.4, -0.2) is 17.7 Å². The minimum absolute atomic E-state index is 0.160. The van der Waals surface area contributed by atoms with E-state index in [2.05, 4.69) is 0 Å². The molecule has 3 heteroatoms. The molecule has 1 fully saturated rings. The first-order valence-electron chi connectivity index (χ1n) is 5.72. The third kappa shape index (κ3) is 2.75. The normalized spacial score (nSPS) is 16.2. The second kappa shape index (κ2) is 5.01. The lowest BCUT2D eigenvalue weighted by molar-refractivity contribution is 0.0442. The molecule has 1 N–H and O–H groups in total. The Hall–Kier alpha value is -1.51. The Morgan fingerprint density at radius 2 is 1.88 bits per heavy atom. The van der Waals surface area contributed by atoms with Crippen LogP contribution < -0.4 is 0 Å². The first-order chi connectivity index (χ1) is 7.75. The molecule has 0 atom stereocenters. The highest BCUT2D eigenvalue weighted by molar-refractivity contribution is 5.89. The fraction of sp³-hybridized carbons (Fsp3) is 0.462. The van der Waals surface area contributed by atoms with Crippen LogP contribution in [0.1, 0.15) is 36.0 Å². The molecule has 0 bridgehead atoms. The molecular weight excluding hydrogens is 204 g/mol. The fourth-order valence-corrected chi connectivity index (χ4v) is 2.05. The molecule has 1 saturated carbocycles. The van der Waals surface area contributed by atoms with Gasteiger partial charge in [0, 0.05) is 0 Å². The Kier molecular flexibility index (Phi) is 3.44. The van der Waals surface area contributed by atoms with Crippen LogP contribution in [0.25, 0.3) is 0 Å². The van der Waals surface area contributed by atoms with Gasteiger partial charge in [-0.15, -0.1) is 0 Å². The van der Waals surface area contributed by atoms with Crippen LogP contribution in [0.2, 0.25) is 0 Å². The zero-order valence-electron chi connectivity index (χ0n) is 9.19. The van der Waals surface area contributed by atoms with Gasteiger partial charge in [-0.3, -0.25) is 0 Å². The number of rotatable bonds is 3. The quantitative estimate of drug-likeness (QED) is 0.797. The molecule has 0 aliphatic heterocycles. The molecule has 0 amide bonds. The zero-order chi connectivity index (χ0) is 11.4. The maximum Gasteiger partial charge on any atom is 0.338 e. The van der Waals surface area contributed by atoms with Crippen LogP contribution in [0.5, 0.6) is 5.75 Å². The maximum absolute atomic E-state index is 11.6. The predicted molar refractivity (Wildman–Crippen MR) is 60.3 cm³/mol. The summed E-state index contributed by atoms with van der Waals surface area (Å²) >= 11 is 0. The average molecular weight is 220 g/mol. The highest BCUT2D eigenvalue weighted by Gasteiger charge is 2.17. The number of aromatic hydroxyl groups is 1. The van der Waals surface area contributed by atoms with Gasteiger partial charge in [0.1, 0.15) is 5.75 Å². The van der Waals surface area contributed by atoms with Gasteiger partial charge in [0.15, 0.2) is 0 Å². The van der Waals surface area contributed by atoms with Crippen molar-refractivity contribution in [2.45, 2.75) is 25.7 Å². The van der Waals surface area contributed by atoms with E-state index in [0.29, 0.717) is 18.1 Å². The Bertz CT molecular complexity index is 350. The fourth-order valence-electron chi connectivity index (χ4n) is 2.05. The summed E-state index contributed by atoms with van der Waals surface area (Å²) in [6.45, 7) is 0.527. The van der Waals surface area contributed by atoms with Crippen LogP contribution in [0.15, 0.2) is 24.3 Å². The monoisotopic (exact) mass is 220 g/mol. The van der Waals surface area contributed by atoms with Gasteiger partial charge in [-0.2, -0.15) is 0 Å². The van der Waals surface area contributed by atoms with E-state index < -0.39 is 0 Å². The molecule has 1 aromatic carbocycles. The summed E-state index contributed by atoms with van der Waals surface area (Å²) in [6.07, 6.45) is 4.84. The third-order valence-corrected chi connectivity index (χ3v) is 3.03. The van der Waals surface area contributed by atoms with E-state index in [0.717, 1.165) is 0 Å². The van der Waals surface area contributed by atoms with Gasteiger partial charge in [0.2, 0.25) is 0 Å². The lowest BCUT2D eigenvalue weighted by Crippen LogP contribution is -2.11. The van der Waals surface area contributed by atoms with Crippen molar-refractivity contribution in [2.75, 3.05) is 6.61 Å². The molecule has 0 aromatic heterocycles. The molecule has 3 nitrogen and oxygen atoms in total. The maximum atomic E-state index is 11.6. The number of esters is 1. The SMILES string of the molecule is O=C(OCC1CCCC1)c1ccc(O)cc1. The number of carbonyl (C=O) groups excluding carboxylic acids is 1. The lowest BCUT2D eigenvalue weighted by Gasteiger charge is -2.09. The first kappa shape index (κ1) is 11.0. The minimum atomic E-state index is -0.299. The number of ether oxygens (including phenoxy) is 1.